The predicted molar refractivity (Wildman–Crippen MR) is 123 cm³/mol. The lowest BCUT2D eigenvalue weighted by Crippen LogP contribution is -2.09. The number of carbonyl (C=O) groups excluding carboxylic acids is 1. The molecule has 0 saturated carbocycles. The summed E-state index contributed by atoms with van der Waals surface area (Å²) in [6.07, 6.45) is 23.4. The Hall–Kier alpha value is -1.31. The molecular formula is C26H45NO. The lowest BCUT2D eigenvalue weighted by Gasteiger charge is -2.04. The largest absolute Gasteiger partial charge is 0.370 e. The molecule has 0 bridgehead atoms. The number of benzene rings is 1. The van der Waals surface area contributed by atoms with Crippen LogP contribution >= 0.6 is 0 Å². The van der Waals surface area contributed by atoms with Gasteiger partial charge in [-0.1, -0.05) is 120 Å². The molecule has 0 radical (unpaired) electrons. The average molecular weight is 388 g/mol. The maximum Gasteiger partial charge on any atom is 0.217 e. The number of hydrogen-bond acceptors (Lipinski definition) is 1. The molecule has 0 aromatic heterocycles. The van der Waals surface area contributed by atoms with Crippen LogP contribution in [0.1, 0.15) is 120 Å². The Balaban J connectivity index is 1.72. The summed E-state index contributed by atoms with van der Waals surface area (Å²) < 4.78 is 0. The van der Waals surface area contributed by atoms with Crippen molar-refractivity contribution in [2.75, 3.05) is 0 Å². The van der Waals surface area contributed by atoms with Crippen LogP contribution in [0.5, 0.6) is 0 Å². The van der Waals surface area contributed by atoms with Crippen LogP contribution < -0.4 is 5.73 Å². The number of aryl methyl sites for hydroxylation is 2. The van der Waals surface area contributed by atoms with E-state index in [4.69, 9.17) is 5.73 Å². The zero-order valence-electron chi connectivity index (χ0n) is 18.5. The fraction of sp³-hybridized carbons (Fsp3) is 0.731. The summed E-state index contributed by atoms with van der Waals surface area (Å²) in [5, 5.41) is 0. The quantitative estimate of drug-likeness (QED) is 0.243. The Morgan fingerprint density at radius 1 is 0.679 bits per heavy atom. The molecule has 0 spiro atoms. The molecule has 0 atom stereocenters. The second-order valence-electron chi connectivity index (χ2n) is 8.61. The van der Waals surface area contributed by atoms with Gasteiger partial charge >= 0.3 is 0 Å². The molecule has 0 unspecified atom stereocenters. The minimum atomic E-state index is -0.155. The summed E-state index contributed by atoms with van der Waals surface area (Å²) in [6, 6.07) is 8.95. The zero-order chi connectivity index (χ0) is 20.3. The van der Waals surface area contributed by atoms with Crippen LogP contribution in [0, 0.1) is 6.92 Å². The van der Waals surface area contributed by atoms with Crippen LogP contribution in [-0.4, -0.2) is 5.91 Å². The van der Waals surface area contributed by atoms with Gasteiger partial charge in [0, 0.05) is 6.42 Å². The topological polar surface area (TPSA) is 43.1 Å². The maximum absolute atomic E-state index is 10.6. The molecule has 0 aliphatic heterocycles. The van der Waals surface area contributed by atoms with Gasteiger partial charge in [0.25, 0.3) is 0 Å². The van der Waals surface area contributed by atoms with E-state index in [-0.39, 0.29) is 5.91 Å². The van der Waals surface area contributed by atoms with E-state index in [1.807, 2.05) is 0 Å². The van der Waals surface area contributed by atoms with Gasteiger partial charge in [-0.25, -0.2) is 0 Å². The fourth-order valence-electron chi connectivity index (χ4n) is 3.97. The van der Waals surface area contributed by atoms with Gasteiger partial charge in [-0.3, -0.25) is 4.79 Å². The molecule has 0 aliphatic carbocycles. The monoisotopic (exact) mass is 387 g/mol. The van der Waals surface area contributed by atoms with Gasteiger partial charge in [-0.05, 0) is 31.7 Å². The SMILES string of the molecule is Cc1cccc(CCCCCCCCCCCCCCCCCCC(N)=O)c1. The molecular weight excluding hydrogens is 342 g/mol. The molecule has 2 heteroatoms. The summed E-state index contributed by atoms with van der Waals surface area (Å²) in [4.78, 5) is 10.6. The zero-order valence-corrected chi connectivity index (χ0v) is 18.5. The first-order chi connectivity index (χ1) is 13.7. The highest BCUT2D eigenvalue weighted by Crippen LogP contribution is 2.15. The third-order valence-electron chi connectivity index (χ3n) is 5.72. The normalized spacial score (nSPS) is 11.0. The first-order valence-electron chi connectivity index (χ1n) is 12.0. The Morgan fingerprint density at radius 3 is 1.54 bits per heavy atom. The lowest BCUT2D eigenvalue weighted by molar-refractivity contribution is -0.118. The predicted octanol–water partition coefficient (Wildman–Crippen LogP) is 7.65. The molecule has 0 fully saturated rings. The minimum Gasteiger partial charge on any atom is -0.370 e. The molecule has 1 rings (SSSR count). The molecule has 1 aromatic rings. The van der Waals surface area contributed by atoms with Crippen LogP contribution in [0.15, 0.2) is 24.3 Å². The number of carbonyl (C=O) groups is 1. The Kier molecular flexibility index (Phi) is 15.7. The van der Waals surface area contributed by atoms with Gasteiger partial charge in [0.2, 0.25) is 5.91 Å². The van der Waals surface area contributed by atoms with Crippen molar-refractivity contribution in [3.05, 3.63) is 35.4 Å². The van der Waals surface area contributed by atoms with Gasteiger partial charge in [-0.15, -0.1) is 0 Å². The number of nitrogens with two attached hydrogens (primary N) is 1. The highest BCUT2D eigenvalue weighted by atomic mass is 16.1. The Labute approximate surface area is 174 Å². The molecule has 0 heterocycles. The Bertz CT molecular complexity index is 497. The van der Waals surface area contributed by atoms with E-state index in [9.17, 15) is 4.79 Å². The van der Waals surface area contributed by atoms with E-state index < -0.39 is 0 Å². The van der Waals surface area contributed by atoms with Crippen molar-refractivity contribution < 1.29 is 4.79 Å². The van der Waals surface area contributed by atoms with Crippen molar-refractivity contribution in [1.29, 1.82) is 0 Å². The van der Waals surface area contributed by atoms with Crippen LogP contribution in [0.4, 0.5) is 0 Å². The van der Waals surface area contributed by atoms with Crippen molar-refractivity contribution in [3.8, 4) is 0 Å². The van der Waals surface area contributed by atoms with Crippen molar-refractivity contribution in [3.63, 3.8) is 0 Å². The molecule has 160 valence electrons. The maximum atomic E-state index is 10.6. The molecule has 1 aromatic carbocycles. The molecule has 2 N–H and O–H groups in total. The molecule has 28 heavy (non-hydrogen) atoms. The van der Waals surface area contributed by atoms with E-state index in [0.717, 1.165) is 12.8 Å². The third-order valence-corrected chi connectivity index (χ3v) is 5.72. The van der Waals surface area contributed by atoms with Crippen molar-refractivity contribution >= 4 is 5.91 Å². The van der Waals surface area contributed by atoms with Gasteiger partial charge in [-0.2, -0.15) is 0 Å². The lowest BCUT2D eigenvalue weighted by atomic mass is 10.0. The van der Waals surface area contributed by atoms with Crippen molar-refractivity contribution in [2.24, 2.45) is 5.73 Å². The van der Waals surface area contributed by atoms with Crippen molar-refractivity contribution in [2.45, 2.75) is 122 Å². The number of unbranched alkanes of at least 4 members (excludes halogenated alkanes) is 15. The number of hydrogen-bond donors (Lipinski definition) is 1. The van der Waals surface area contributed by atoms with E-state index >= 15 is 0 Å². The second-order valence-corrected chi connectivity index (χ2v) is 8.61. The van der Waals surface area contributed by atoms with E-state index in [0.29, 0.717) is 6.42 Å². The van der Waals surface area contributed by atoms with Crippen molar-refractivity contribution in [1.82, 2.24) is 0 Å². The second kappa shape index (κ2) is 17.8. The van der Waals surface area contributed by atoms with Gasteiger partial charge in [0.05, 0.1) is 0 Å². The summed E-state index contributed by atoms with van der Waals surface area (Å²) in [5.74, 6) is -0.155. The molecule has 0 aliphatic rings. The van der Waals surface area contributed by atoms with Crippen LogP contribution in [0.2, 0.25) is 0 Å². The minimum absolute atomic E-state index is 0.155. The highest BCUT2D eigenvalue weighted by molar-refractivity contribution is 5.73. The smallest absolute Gasteiger partial charge is 0.217 e. The van der Waals surface area contributed by atoms with E-state index in [2.05, 4.69) is 31.2 Å². The molecule has 0 saturated heterocycles. The first-order valence-corrected chi connectivity index (χ1v) is 12.0. The Morgan fingerprint density at radius 2 is 1.11 bits per heavy atom. The van der Waals surface area contributed by atoms with Crippen LogP contribution in [0.25, 0.3) is 0 Å². The summed E-state index contributed by atoms with van der Waals surface area (Å²) in [6.45, 7) is 2.18. The number of amides is 1. The average Bonchev–Trinajstić information content (AvgIpc) is 2.67. The standard InChI is InChI=1S/C26H45NO/c1-24-19-18-21-25(23-24)20-16-14-12-10-8-6-4-2-3-5-7-9-11-13-15-17-22-26(27)28/h18-19,21,23H,2-17,20,22H2,1H3,(H2,27,28). The third kappa shape index (κ3) is 15.7. The van der Waals surface area contributed by atoms with Crippen LogP contribution in [-0.2, 0) is 11.2 Å². The van der Waals surface area contributed by atoms with Crippen LogP contribution in [0.3, 0.4) is 0 Å². The van der Waals surface area contributed by atoms with E-state index in [1.165, 1.54) is 107 Å². The first kappa shape index (κ1) is 24.7. The molecule has 1 amide bonds. The van der Waals surface area contributed by atoms with Gasteiger partial charge < -0.3 is 5.73 Å². The molecule has 2 nitrogen and oxygen atoms in total. The fourth-order valence-corrected chi connectivity index (χ4v) is 3.97. The summed E-state index contributed by atoms with van der Waals surface area (Å²) >= 11 is 0. The van der Waals surface area contributed by atoms with E-state index in [1.54, 1.807) is 0 Å². The summed E-state index contributed by atoms with van der Waals surface area (Å²) in [5.41, 5.74) is 8.03. The highest BCUT2D eigenvalue weighted by Gasteiger charge is 1.97. The number of rotatable bonds is 19. The number of primary amides is 1. The van der Waals surface area contributed by atoms with Gasteiger partial charge in [0.15, 0.2) is 0 Å². The summed E-state index contributed by atoms with van der Waals surface area (Å²) in [7, 11) is 0. The van der Waals surface area contributed by atoms with Gasteiger partial charge in [0.1, 0.15) is 0 Å².